The smallest absolute Gasteiger partial charge is 0.281 e. The van der Waals surface area contributed by atoms with Gasteiger partial charge in [-0.3, -0.25) is 9.52 Å². The van der Waals surface area contributed by atoms with Gasteiger partial charge in [0.05, 0.1) is 4.90 Å². The number of halogens is 1. The fourth-order valence-corrected chi connectivity index (χ4v) is 5.42. The number of rotatable bonds is 6. The fourth-order valence-electron chi connectivity index (χ4n) is 3.25. The molecule has 2 aromatic rings. The first-order valence-electron chi connectivity index (χ1n) is 9.78. The lowest BCUT2D eigenvalue weighted by molar-refractivity contribution is 0.0694. The lowest BCUT2D eigenvalue weighted by atomic mass is 10.1. The Morgan fingerprint density at radius 2 is 1.56 bits per heavy atom. The number of nitrogens with one attached hydrogen (secondary N) is 1. The molecule has 1 saturated heterocycles. The predicted octanol–water partition coefficient (Wildman–Crippen LogP) is 1.50. The normalized spacial score (nSPS) is 15.7. The number of carbonyl (C=O) groups is 1. The molecule has 174 valence electrons. The summed E-state index contributed by atoms with van der Waals surface area (Å²) in [5, 5.41) is 0. The molecule has 3 rings (SSSR count). The SMILES string of the molecule is Cc1ccc(S(=O)(=O)Nc2ccc(F)cc2)cc1C(=O)N1CCN(S(=O)(=O)N(C)C)CC1. The van der Waals surface area contributed by atoms with Gasteiger partial charge < -0.3 is 4.90 Å². The number of benzene rings is 2. The molecule has 1 fully saturated rings. The summed E-state index contributed by atoms with van der Waals surface area (Å²) in [5.41, 5.74) is 1.01. The highest BCUT2D eigenvalue weighted by molar-refractivity contribution is 7.92. The van der Waals surface area contributed by atoms with Gasteiger partial charge >= 0.3 is 0 Å². The summed E-state index contributed by atoms with van der Waals surface area (Å²) in [7, 11) is -4.67. The van der Waals surface area contributed by atoms with Crippen LogP contribution < -0.4 is 4.72 Å². The standard InChI is InChI=1S/C20H25FN4O5S2/c1-15-4-9-18(31(27,28)22-17-7-5-16(21)6-8-17)14-19(15)20(26)24-10-12-25(13-11-24)32(29,30)23(2)3/h4-9,14,22H,10-13H2,1-3H3. The minimum absolute atomic E-state index is 0.107. The summed E-state index contributed by atoms with van der Waals surface area (Å²) in [5.74, 6) is -0.863. The molecule has 0 saturated carbocycles. The molecular weight excluding hydrogens is 459 g/mol. The van der Waals surface area contributed by atoms with Crippen molar-refractivity contribution >= 4 is 31.8 Å². The average molecular weight is 485 g/mol. The van der Waals surface area contributed by atoms with E-state index in [9.17, 15) is 26.0 Å². The molecule has 1 amide bonds. The van der Waals surface area contributed by atoms with Crippen LogP contribution in [-0.2, 0) is 20.2 Å². The van der Waals surface area contributed by atoms with Gasteiger partial charge in [-0.05, 0) is 48.9 Å². The largest absolute Gasteiger partial charge is 0.336 e. The maximum Gasteiger partial charge on any atom is 0.281 e. The lowest BCUT2D eigenvalue weighted by Gasteiger charge is -2.35. The van der Waals surface area contributed by atoms with Crippen LogP contribution in [0.1, 0.15) is 15.9 Å². The molecule has 0 spiro atoms. The zero-order valence-electron chi connectivity index (χ0n) is 17.9. The number of anilines is 1. The molecule has 32 heavy (non-hydrogen) atoms. The topological polar surface area (TPSA) is 107 Å². The molecule has 1 aliphatic rings. The highest BCUT2D eigenvalue weighted by Gasteiger charge is 2.31. The third-order valence-corrected chi connectivity index (χ3v) is 8.48. The number of hydrogen-bond acceptors (Lipinski definition) is 5. The van der Waals surface area contributed by atoms with Crippen LogP contribution in [-0.4, -0.2) is 76.5 Å². The summed E-state index contributed by atoms with van der Waals surface area (Å²) >= 11 is 0. The highest BCUT2D eigenvalue weighted by Crippen LogP contribution is 2.22. The number of carbonyl (C=O) groups excluding carboxylic acids is 1. The maximum atomic E-state index is 13.1. The van der Waals surface area contributed by atoms with Crippen molar-refractivity contribution in [2.24, 2.45) is 0 Å². The average Bonchev–Trinajstić information content (AvgIpc) is 2.75. The third kappa shape index (κ3) is 5.09. The van der Waals surface area contributed by atoms with Crippen LogP contribution in [0.2, 0.25) is 0 Å². The Morgan fingerprint density at radius 3 is 2.12 bits per heavy atom. The molecule has 0 aliphatic carbocycles. The van der Waals surface area contributed by atoms with Crippen LogP contribution in [0.3, 0.4) is 0 Å². The van der Waals surface area contributed by atoms with E-state index in [0.717, 1.165) is 16.4 Å². The highest BCUT2D eigenvalue weighted by atomic mass is 32.2. The second-order valence-electron chi connectivity index (χ2n) is 7.57. The molecule has 1 N–H and O–H groups in total. The van der Waals surface area contributed by atoms with Gasteiger partial charge in [0.2, 0.25) is 0 Å². The summed E-state index contributed by atoms with van der Waals surface area (Å²) in [4.78, 5) is 14.5. The van der Waals surface area contributed by atoms with Crippen LogP contribution >= 0.6 is 0 Å². The van der Waals surface area contributed by atoms with Crippen molar-refractivity contribution in [3.05, 3.63) is 59.4 Å². The fraction of sp³-hybridized carbons (Fsp3) is 0.350. The van der Waals surface area contributed by atoms with E-state index >= 15 is 0 Å². The van der Waals surface area contributed by atoms with Gasteiger partial charge in [0.25, 0.3) is 26.1 Å². The number of nitrogens with zero attached hydrogens (tertiary/aromatic N) is 3. The van der Waals surface area contributed by atoms with Gasteiger partial charge in [-0.15, -0.1) is 0 Å². The Kier molecular flexibility index (Phi) is 6.89. The summed E-state index contributed by atoms with van der Waals surface area (Å²) in [6, 6.07) is 9.10. The second kappa shape index (κ2) is 9.14. The zero-order valence-corrected chi connectivity index (χ0v) is 19.6. The molecule has 0 bridgehead atoms. The number of amides is 1. The first kappa shape index (κ1) is 24.1. The van der Waals surface area contributed by atoms with E-state index in [-0.39, 0.29) is 48.2 Å². The molecule has 2 aromatic carbocycles. The van der Waals surface area contributed by atoms with Gasteiger partial charge in [-0.2, -0.15) is 17.0 Å². The molecule has 1 aliphatic heterocycles. The zero-order chi connectivity index (χ0) is 23.7. The first-order chi connectivity index (χ1) is 14.9. The van der Waals surface area contributed by atoms with Crippen LogP contribution in [0.25, 0.3) is 0 Å². The van der Waals surface area contributed by atoms with Crippen LogP contribution in [0.5, 0.6) is 0 Å². The molecule has 0 radical (unpaired) electrons. The number of piperazine rings is 1. The van der Waals surface area contributed by atoms with Gasteiger partial charge in [-0.1, -0.05) is 6.07 Å². The van der Waals surface area contributed by atoms with Crippen molar-refractivity contribution in [2.45, 2.75) is 11.8 Å². The summed E-state index contributed by atoms with van der Waals surface area (Å²) < 4.78 is 67.9. The van der Waals surface area contributed by atoms with Gasteiger partial charge in [0, 0.05) is 51.5 Å². The molecule has 1 heterocycles. The minimum Gasteiger partial charge on any atom is -0.336 e. The Hall–Kier alpha value is -2.54. The van der Waals surface area contributed by atoms with Gasteiger partial charge in [-0.25, -0.2) is 12.8 Å². The minimum atomic E-state index is -4.00. The molecule has 0 aromatic heterocycles. The predicted molar refractivity (Wildman–Crippen MR) is 118 cm³/mol. The molecular formula is C20H25FN4O5S2. The van der Waals surface area contributed by atoms with Gasteiger partial charge in [0.15, 0.2) is 0 Å². The van der Waals surface area contributed by atoms with Crippen LogP contribution in [0.15, 0.2) is 47.4 Å². The summed E-state index contributed by atoms with van der Waals surface area (Å²) in [6.07, 6.45) is 0. The number of hydrogen-bond donors (Lipinski definition) is 1. The van der Waals surface area contributed by atoms with Crippen molar-refractivity contribution < 1.29 is 26.0 Å². The Labute approximate surface area is 187 Å². The van der Waals surface area contributed by atoms with Crippen molar-refractivity contribution in [2.75, 3.05) is 45.0 Å². The Bertz CT molecular complexity index is 1210. The number of aryl methyl sites for hydroxylation is 1. The first-order valence-corrected chi connectivity index (χ1v) is 12.7. The molecule has 9 nitrogen and oxygen atoms in total. The van der Waals surface area contributed by atoms with E-state index in [2.05, 4.69) is 4.72 Å². The van der Waals surface area contributed by atoms with Crippen molar-refractivity contribution in [1.29, 1.82) is 0 Å². The lowest BCUT2D eigenvalue weighted by Crippen LogP contribution is -2.53. The molecule has 12 heteroatoms. The Morgan fingerprint density at radius 1 is 0.969 bits per heavy atom. The molecule has 0 unspecified atom stereocenters. The van der Waals surface area contributed by atoms with E-state index in [4.69, 9.17) is 0 Å². The molecule has 0 atom stereocenters. The third-order valence-electron chi connectivity index (χ3n) is 5.16. The van der Waals surface area contributed by atoms with Gasteiger partial charge in [0.1, 0.15) is 5.82 Å². The van der Waals surface area contributed by atoms with E-state index < -0.39 is 26.0 Å². The van der Waals surface area contributed by atoms with E-state index in [1.165, 1.54) is 47.6 Å². The van der Waals surface area contributed by atoms with E-state index in [0.29, 0.717) is 5.56 Å². The van der Waals surface area contributed by atoms with Crippen molar-refractivity contribution in [1.82, 2.24) is 13.5 Å². The van der Waals surface area contributed by atoms with Crippen LogP contribution in [0.4, 0.5) is 10.1 Å². The maximum absolute atomic E-state index is 13.1. The van der Waals surface area contributed by atoms with Crippen molar-refractivity contribution in [3.63, 3.8) is 0 Å². The van der Waals surface area contributed by atoms with E-state index in [1.807, 2.05) is 0 Å². The van der Waals surface area contributed by atoms with Crippen molar-refractivity contribution in [3.8, 4) is 0 Å². The Balaban J connectivity index is 1.78. The van der Waals surface area contributed by atoms with Crippen LogP contribution in [0, 0.1) is 12.7 Å². The summed E-state index contributed by atoms with van der Waals surface area (Å²) in [6.45, 7) is 2.38. The number of sulfonamides is 1. The monoisotopic (exact) mass is 484 g/mol. The second-order valence-corrected chi connectivity index (χ2v) is 11.4. The van der Waals surface area contributed by atoms with E-state index in [1.54, 1.807) is 13.0 Å². The quantitative estimate of drug-likeness (QED) is 0.669.